The van der Waals surface area contributed by atoms with Crippen molar-refractivity contribution in [2.45, 2.75) is 37.1 Å². The second kappa shape index (κ2) is 3.49. The summed E-state index contributed by atoms with van der Waals surface area (Å²) in [5, 5.41) is 45.9. The van der Waals surface area contributed by atoms with Crippen LogP contribution < -0.4 is 0 Å². The molecule has 0 aromatic carbocycles. The molecule has 1 aliphatic heterocycles. The van der Waals surface area contributed by atoms with Gasteiger partial charge in [-0.15, -0.1) is 0 Å². The smallest absolute Gasteiger partial charge is 0.186 e. The molecule has 1 heterocycles. The van der Waals surface area contributed by atoms with Gasteiger partial charge in [-0.2, -0.15) is 0 Å². The number of ether oxygens (including phenoxy) is 1. The van der Waals surface area contributed by atoms with Crippen LogP contribution in [0.25, 0.3) is 0 Å². The summed E-state index contributed by atoms with van der Waals surface area (Å²) < 4.78 is 4.68. The summed E-state index contributed by atoms with van der Waals surface area (Å²) in [6.45, 7) is 0.602. The Hall–Kier alpha value is -0.240. The molecular weight excluding hydrogens is 180 g/mol. The molecule has 0 aromatic rings. The lowest BCUT2D eigenvalue weighted by molar-refractivity contribution is -0.323. The van der Waals surface area contributed by atoms with E-state index in [9.17, 15) is 20.4 Å². The molecule has 6 nitrogen and oxygen atoms in total. The van der Waals surface area contributed by atoms with Crippen molar-refractivity contribution < 1.29 is 30.3 Å². The first-order valence-corrected chi connectivity index (χ1v) is 3.94. The SMILES string of the molecule is C[C@]1(O)C(O)O[C@H](CO)[C@H](O)[C@@H]1O. The van der Waals surface area contributed by atoms with Crippen molar-refractivity contribution in [1.82, 2.24) is 0 Å². The van der Waals surface area contributed by atoms with Gasteiger partial charge in [0.25, 0.3) is 0 Å². The molecule has 5 atom stereocenters. The fraction of sp³-hybridized carbons (Fsp3) is 1.00. The van der Waals surface area contributed by atoms with Gasteiger partial charge in [0.2, 0.25) is 0 Å². The van der Waals surface area contributed by atoms with Crippen molar-refractivity contribution in [3.63, 3.8) is 0 Å². The summed E-state index contributed by atoms with van der Waals surface area (Å²) in [4.78, 5) is 0. The van der Waals surface area contributed by atoms with E-state index in [0.29, 0.717) is 0 Å². The zero-order valence-electron chi connectivity index (χ0n) is 7.16. The molecule has 0 spiro atoms. The molecular formula is C7H14O6. The van der Waals surface area contributed by atoms with Crippen LogP contribution in [-0.4, -0.2) is 62.3 Å². The third kappa shape index (κ3) is 1.69. The van der Waals surface area contributed by atoms with Gasteiger partial charge in [0.15, 0.2) is 6.29 Å². The lowest BCUT2D eigenvalue weighted by atomic mass is 9.88. The molecule has 0 bridgehead atoms. The van der Waals surface area contributed by atoms with Crippen LogP contribution in [-0.2, 0) is 4.74 Å². The fourth-order valence-electron chi connectivity index (χ4n) is 1.23. The largest absolute Gasteiger partial charge is 0.394 e. The highest BCUT2D eigenvalue weighted by Crippen LogP contribution is 2.27. The topological polar surface area (TPSA) is 110 Å². The zero-order chi connectivity index (χ0) is 10.2. The molecule has 1 unspecified atom stereocenters. The summed E-state index contributed by atoms with van der Waals surface area (Å²) in [5.41, 5.74) is -1.93. The van der Waals surface area contributed by atoms with Gasteiger partial charge in [0.1, 0.15) is 23.9 Å². The Morgan fingerprint density at radius 1 is 1.31 bits per heavy atom. The quantitative estimate of drug-likeness (QED) is 0.308. The Kier molecular flexibility index (Phi) is 2.91. The Labute approximate surface area is 75.0 Å². The predicted molar refractivity (Wildman–Crippen MR) is 40.6 cm³/mol. The highest BCUT2D eigenvalue weighted by atomic mass is 16.6. The van der Waals surface area contributed by atoms with Crippen LogP contribution in [0, 0.1) is 0 Å². The molecule has 0 amide bonds. The first kappa shape index (κ1) is 10.8. The second-order valence-electron chi connectivity index (χ2n) is 3.37. The van der Waals surface area contributed by atoms with Crippen LogP contribution in [0.4, 0.5) is 0 Å². The van der Waals surface area contributed by atoms with Crippen LogP contribution in [0.5, 0.6) is 0 Å². The maximum atomic E-state index is 9.43. The van der Waals surface area contributed by atoms with Crippen molar-refractivity contribution in [2.24, 2.45) is 0 Å². The van der Waals surface area contributed by atoms with Crippen molar-refractivity contribution in [3.05, 3.63) is 0 Å². The maximum Gasteiger partial charge on any atom is 0.186 e. The van der Waals surface area contributed by atoms with E-state index in [1.807, 2.05) is 0 Å². The predicted octanol–water partition coefficient (Wildman–Crippen LogP) is -2.83. The van der Waals surface area contributed by atoms with Crippen LogP contribution >= 0.6 is 0 Å². The van der Waals surface area contributed by atoms with E-state index >= 15 is 0 Å². The normalized spacial score (nSPS) is 52.2. The molecule has 0 radical (unpaired) electrons. The lowest BCUT2D eigenvalue weighted by Gasteiger charge is -2.43. The van der Waals surface area contributed by atoms with Crippen LogP contribution in [0.2, 0.25) is 0 Å². The molecule has 0 aromatic heterocycles. The lowest BCUT2D eigenvalue weighted by Crippen LogP contribution is -2.65. The van der Waals surface area contributed by atoms with Gasteiger partial charge in [-0.25, -0.2) is 0 Å². The van der Waals surface area contributed by atoms with E-state index in [-0.39, 0.29) is 0 Å². The molecule has 1 saturated heterocycles. The van der Waals surface area contributed by atoms with Gasteiger partial charge in [-0.1, -0.05) is 0 Å². The Morgan fingerprint density at radius 3 is 2.31 bits per heavy atom. The zero-order valence-corrected chi connectivity index (χ0v) is 7.16. The summed E-state index contributed by atoms with van der Waals surface area (Å²) in [6, 6.07) is 0. The first-order valence-electron chi connectivity index (χ1n) is 3.94. The minimum atomic E-state index is -1.93. The van der Waals surface area contributed by atoms with Gasteiger partial charge >= 0.3 is 0 Å². The summed E-state index contributed by atoms with van der Waals surface area (Å²) in [5.74, 6) is 0. The molecule has 0 saturated carbocycles. The molecule has 78 valence electrons. The van der Waals surface area contributed by atoms with Crippen molar-refractivity contribution in [1.29, 1.82) is 0 Å². The maximum absolute atomic E-state index is 9.43. The van der Waals surface area contributed by atoms with Crippen LogP contribution in [0.1, 0.15) is 6.92 Å². The summed E-state index contributed by atoms with van der Waals surface area (Å²) in [7, 11) is 0. The van der Waals surface area contributed by atoms with E-state index in [0.717, 1.165) is 6.92 Å². The Balaban J connectivity index is 2.79. The van der Waals surface area contributed by atoms with E-state index in [1.54, 1.807) is 0 Å². The minimum Gasteiger partial charge on any atom is -0.394 e. The molecule has 5 N–H and O–H groups in total. The highest BCUT2D eigenvalue weighted by Gasteiger charge is 2.50. The molecule has 13 heavy (non-hydrogen) atoms. The van der Waals surface area contributed by atoms with Crippen molar-refractivity contribution in [3.8, 4) is 0 Å². The van der Waals surface area contributed by atoms with Gasteiger partial charge in [0, 0.05) is 0 Å². The second-order valence-corrected chi connectivity index (χ2v) is 3.37. The molecule has 1 aliphatic rings. The van der Waals surface area contributed by atoms with E-state index in [1.165, 1.54) is 0 Å². The van der Waals surface area contributed by atoms with Crippen LogP contribution in [0.15, 0.2) is 0 Å². The highest BCUT2D eigenvalue weighted by molar-refractivity contribution is 4.96. The van der Waals surface area contributed by atoms with Crippen molar-refractivity contribution in [2.75, 3.05) is 6.61 Å². The average molecular weight is 194 g/mol. The van der Waals surface area contributed by atoms with Crippen LogP contribution in [0.3, 0.4) is 0 Å². The standard InChI is InChI=1S/C7H14O6/c1-7(12)5(10)4(9)3(2-8)13-6(7)11/h3-6,8-12H,2H2,1H3/t3-,4+,5+,6?,7-/m1/s1. The monoisotopic (exact) mass is 194 g/mol. The first-order chi connectivity index (χ1) is 5.91. The third-order valence-corrected chi connectivity index (χ3v) is 2.29. The summed E-state index contributed by atoms with van der Waals surface area (Å²) >= 11 is 0. The number of hydrogen-bond donors (Lipinski definition) is 5. The van der Waals surface area contributed by atoms with Gasteiger partial charge in [0.05, 0.1) is 6.61 Å². The molecule has 0 aliphatic carbocycles. The van der Waals surface area contributed by atoms with E-state index < -0.39 is 36.8 Å². The van der Waals surface area contributed by atoms with Crippen molar-refractivity contribution >= 4 is 0 Å². The Morgan fingerprint density at radius 2 is 1.85 bits per heavy atom. The third-order valence-electron chi connectivity index (χ3n) is 2.29. The number of aliphatic hydroxyl groups is 5. The number of rotatable bonds is 1. The average Bonchev–Trinajstić information content (AvgIpc) is 2.09. The molecule has 1 rings (SSSR count). The minimum absolute atomic E-state index is 0.536. The number of aliphatic hydroxyl groups excluding tert-OH is 4. The summed E-state index contributed by atoms with van der Waals surface area (Å²) in [6.07, 6.45) is -5.66. The molecule has 6 heteroatoms. The van der Waals surface area contributed by atoms with Gasteiger partial charge in [-0.3, -0.25) is 0 Å². The fourth-order valence-corrected chi connectivity index (χ4v) is 1.23. The van der Waals surface area contributed by atoms with E-state index in [4.69, 9.17) is 5.11 Å². The number of hydrogen-bond acceptors (Lipinski definition) is 6. The Bertz CT molecular complexity index is 182. The van der Waals surface area contributed by atoms with Gasteiger partial charge in [-0.05, 0) is 6.92 Å². The van der Waals surface area contributed by atoms with Gasteiger partial charge < -0.3 is 30.3 Å². The molecule has 1 fully saturated rings. The van der Waals surface area contributed by atoms with E-state index in [2.05, 4.69) is 4.74 Å².